The highest BCUT2D eigenvalue weighted by Crippen LogP contribution is 2.33. The van der Waals surface area contributed by atoms with Crippen molar-refractivity contribution in [3.8, 4) is 17.2 Å². The summed E-state index contributed by atoms with van der Waals surface area (Å²) in [5, 5.41) is 0. The minimum atomic E-state index is -0.0118. The Kier molecular flexibility index (Phi) is 4.03. The molecule has 2 N–H and O–H groups in total. The van der Waals surface area contributed by atoms with Gasteiger partial charge in [-0.05, 0) is 42.3 Å². The molecule has 21 heavy (non-hydrogen) atoms. The number of nitrogens with two attached hydrogens (primary N) is 1. The van der Waals surface area contributed by atoms with E-state index in [1.165, 1.54) is 0 Å². The molecule has 3 rings (SSSR count). The molecule has 1 heterocycles. The summed E-state index contributed by atoms with van der Waals surface area (Å²) in [5.74, 6) is 2.34. The van der Waals surface area contributed by atoms with E-state index in [0.717, 1.165) is 32.8 Å². The third-order valence-corrected chi connectivity index (χ3v) is 3.99. The van der Waals surface area contributed by atoms with Crippen LogP contribution in [-0.2, 0) is 6.61 Å². The molecule has 1 aliphatic heterocycles. The molecular weight excluding hydrogens is 334 g/mol. The fourth-order valence-electron chi connectivity index (χ4n) is 2.16. The van der Waals surface area contributed by atoms with Crippen LogP contribution < -0.4 is 19.9 Å². The molecular formula is C16H16BrNO3. The highest BCUT2D eigenvalue weighted by molar-refractivity contribution is 9.10. The zero-order chi connectivity index (χ0) is 14.8. The maximum atomic E-state index is 5.89. The Morgan fingerprint density at radius 1 is 1.19 bits per heavy atom. The highest BCUT2D eigenvalue weighted by atomic mass is 79.9. The van der Waals surface area contributed by atoms with Gasteiger partial charge in [0.05, 0.1) is 0 Å². The lowest BCUT2D eigenvalue weighted by molar-refractivity contribution is 0.174. The van der Waals surface area contributed by atoms with Crippen molar-refractivity contribution in [1.82, 2.24) is 0 Å². The van der Waals surface area contributed by atoms with Gasteiger partial charge in [-0.25, -0.2) is 0 Å². The van der Waals surface area contributed by atoms with Gasteiger partial charge in [-0.15, -0.1) is 0 Å². The molecule has 0 unspecified atom stereocenters. The topological polar surface area (TPSA) is 53.7 Å². The molecule has 0 spiro atoms. The van der Waals surface area contributed by atoms with Crippen LogP contribution in [0.5, 0.6) is 17.2 Å². The lowest BCUT2D eigenvalue weighted by Crippen LogP contribution is -2.05. The van der Waals surface area contributed by atoms with Gasteiger partial charge in [0.25, 0.3) is 0 Å². The van der Waals surface area contributed by atoms with Crippen LogP contribution >= 0.6 is 15.9 Å². The van der Waals surface area contributed by atoms with Crippen LogP contribution in [0, 0.1) is 0 Å². The van der Waals surface area contributed by atoms with E-state index in [1.807, 2.05) is 43.3 Å². The Hall–Kier alpha value is -1.72. The third-order valence-electron chi connectivity index (χ3n) is 3.30. The van der Waals surface area contributed by atoms with Crippen molar-refractivity contribution >= 4 is 15.9 Å². The summed E-state index contributed by atoms with van der Waals surface area (Å²) >= 11 is 3.52. The number of benzene rings is 2. The molecule has 0 saturated heterocycles. The van der Waals surface area contributed by atoms with Crippen LogP contribution in [0.4, 0.5) is 0 Å². The Morgan fingerprint density at radius 3 is 2.76 bits per heavy atom. The van der Waals surface area contributed by atoms with Crippen molar-refractivity contribution in [1.29, 1.82) is 0 Å². The van der Waals surface area contributed by atoms with E-state index in [4.69, 9.17) is 19.9 Å². The maximum Gasteiger partial charge on any atom is 0.231 e. The van der Waals surface area contributed by atoms with E-state index in [0.29, 0.717) is 6.61 Å². The van der Waals surface area contributed by atoms with Crippen molar-refractivity contribution in [2.45, 2.75) is 19.6 Å². The van der Waals surface area contributed by atoms with Gasteiger partial charge >= 0.3 is 0 Å². The first-order valence-corrected chi connectivity index (χ1v) is 7.49. The van der Waals surface area contributed by atoms with Crippen molar-refractivity contribution < 1.29 is 14.2 Å². The van der Waals surface area contributed by atoms with Crippen LogP contribution in [-0.4, -0.2) is 6.79 Å². The van der Waals surface area contributed by atoms with E-state index in [1.54, 1.807) is 0 Å². The van der Waals surface area contributed by atoms with Crippen molar-refractivity contribution in [2.75, 3.05) is 6.79 Å². The Morgan fingerprint density at radius 2 is 2.00 bits per heavy atom. The summed E-state index contributed by atoms with van der Waals surface area (Å²) in [7, 11) is 0. The van der Waals surface area contributed by atoms with Gasteiger partial charge in [0, 0.05) is 10.5 Å². The number of hydrogen-bond donors (Lipinski definition) is 1. The van der Waals surface area contributed by atoms with E-state index >= 15 is 0 Å². The van der Waals surface area contributed by atoms with Gasteiger partial charge < -0.3 is 19.9 Å². The molecule has 1 atom stereocenters. The smallest absolute Gasteiger partial charge is 0.231 e. The first kappa shape index (κ1) is 14.2. The fourth-order valence-corrected chi connectivity index (χ4v) is 2.88. The summed E-state index contributed by atoms with van der Waals surface area (Å²) in [6, 6.07) is 11.6. The van der Waals surface area contributed by atoms with E-state index in [2.05, 4.69) is 15.9 Å². The number of rotatable bonds is 4. The normalized spacial score (nSPS) is 14.0. The number of hydrogen-bond acceptors (Lipinski definition) is 4. The summed E-state index contributed by atoms with van der Waals surface area (Å²) < 4.78 is 17.4. The summed E-state index contributed by atoms with van der Waals surface area (Å²) in [4.78, 5) is 0. The van der Waals surface area contributed by atoms with E-state index in [9.17, 15) is 0 Å². The molecule has 0 bridgehead atoms. The van der Waals surface area contributed by atoms with Crippen LogP contribution in [0.25, 0.3) is 0 Å². The minimum Gasteiger partial charge on any atom is -0.489 e. The summed E-state index contributed by atoms with van der Waals surface area (Å²) in [6.07, 6.45) is 0. The maximum absolute atomic E-state index is 5.89. The molecule has 0 radical (unpaired) electrons. The largest absolute Gasteiger partial charge is 0.489 e. The van der Waals surface area contributed by atoms with E-state index < -0.39 is 0 Å². The second-order valence-corrected chi connectivity index (χ2v) is 5.80. The fraction of sp³-hybridized carbons (Fsp3) is 0.250. The monoisotopic (exact) mass is 349 g/mol. The molecule has 2 aromatic carbocycles. The van der Waals surface area contributed by atoms with E-state index in [-0.39, 0.29) is 12.8 Å². The summed E-state index contributed by atoms with van der Waals surface area (Å²) in [5.41, 5.74) is 7.98. The molecule has 1 aliphatic rings. The first-order chi connectivity index (χ1) is 10.1. The lowest BCUT2D eigenvalue weighted by atomic mass is 10.1. The molecule has 0 aliphatic carbocycles. The molecule has 0 fully saturated rings. The van der Waals surface area contributed by atoms with Crippen molar-refractivity contribution in [3.05, 3.63) is 52.0 Å². The van der Waals surface area contributed by atoms with Gasteiger partial charge in [-0.2, -0.15) is 0 Å². The molecule has 5 heteroatoms. The average Bonchev–Trinajstić information content (AvgIpc) is 2.92. The predicted molar refractivity (Wildman–Crippen MR) is 83.6 cm³/mol. The van der Waals surface area contributed by atoms with Gasteiger partial charge in [-0.1, -0.05) is 28.1 Å². The Bertz CT molecular complexity index is 658. The molecule has 110 valence electrons. The van der Waals surface area contributed by atoms with Gasteiger partial charge in [0.2, 0.25) is 6.79 Å². The van der Waals surface area contributed by atoms with Gasteiger partial charge in [-0.3, -0.25) is 0 Å². The predicted octanol–water partition coefficient (Wildman–Crippen LogP) is 3.78. The SMILES string of the molecule is C[C@H](N)c1ccc(OCc2ccc3c(c2)OCO3)cc1Br. The van der Waals surface area contributed by atoms with Crippen LogP contribution in [0.3, 0.4) is 0 Å². The Labute approximate surface area is 131 Å². The zero-order valence-corrected chi connectivity index (χ0v) is 13.2. The molecule has 0 saturated carbocycles. The molecule has 2 aromatic rings. The summed E-state index contributed by atoms with van der Waals surface area (Å²) in [6.45, 7) is 2.71. The highest BCUT2D eigenvalue weighted by Gasteiger charge is 2.13. The van der Waals surface area contributed by atoms with Gasteiger partial charge in [0.1, 0.15) is 12.4 Å². The number of halogens is 1. The second-order valence-electron chi connectivity index (χ2n) is 4.95. The standard InChI is InChI=1S/C16H16BrNO3/c1-10(18)13-4-3-12(7-14(13)17)19-8-11-2-5-15-16(6-11)21-9-20-15/h2-7,10H,8-9,18H2,1H3/t10-/m0/s1. The third kappa shape index (κ3) is 3.14. The first-order valence-electron chi connectivity index (χ1n) is 6.70. The van der Waals surface area contributed by atoms with Crippen molar-refractivity contribution in [3.63, 3.8) is 0 Å². The minimum absolute atomic E-state index is 0.0118. The molecule has 4 nitrogen and oxygen atoms in total. The average molecular weight is 350 g/mol. The second kappa shape index (κ2) is 5.95. The molecule has 0 amide bonds. The lowest BCUT2D eigenvalue weighted by Gasteiger charge is -2.11. The van der Waals surface area contributed by atoms with Crippen LogP contribution in [0.15, 0.2) is 40.9 Å². The number of ether oxygens (including phenoxy) is 3. The van der Waals surface area contributed by atoms with Crippen LogP contribution in [0.1, 0.15) is 24.1 Å². The number of fused-ring (bicyclic) bond motifs is 1. The van der Waals surface area contributed by atoms with Crippen molar-refractivity contribution in [2.24, 2.45) is 5.73 Å². The molecule has 0 aromatic heterocycles. The zero-order valence-electron chi connectivity index (χ0n) is 11.6. The van der Waals surface area contributed by atoms with Gasteiger partial charge in [0.15, 0.2) is 11.5 Å². The van der Waals surface area contributed by atoms with Crippen LogP contribution in [0.2, 0.25) is 0 Å². The quantitative estimate of drug-likeness (QED) is 0.912. The Balaban J connectivity index is 1.69.